The number of anilines is 1. The van der Waals surface area contributed by atoms with Crippen molar-refractivity contribution in [3.8, 4) is 5.75 Å². The van der Waals surface area contributed by atoms with Crippen molar-refractivity contribution in [3.63, 3.8) is 0 Å². The van der Waals surface area contributed by atoms with Crippen LogP contribution in [0.1, 0.15) is 20.3 Å². The van der Waals surface area contributed by atoms with E-state index in [1.807, 2.05) is 30.3 Å². The molecule has 30 heavy (non-hydrogen) atoms. The van der Waals surface area contributed by atoms with E-state index in [0.29, 0.717) is 24.2 Å². The van der Waals surface area contributed by atoms with Gasteiger partial charge in [0.25, 0.3) is 5.56 Å². The third kappa shape index (κ3) is 4.56. The summed E-state index contributed by atoms with van der Waals surface area (Å²) in [6, 6.07) is 9.21. The number of nitrogens with zero attached hydrogens (tertiary/aromatic N) is 4. The van der Waals surface area contributed by atoms with Gasteiger partial charge in [0.2, 0.25) is 5.95 Å². The van der Waals surface area contributed by atoms with E-state index in [9.17, 15) is 14.7 Å². The number of aliphatic hydroxyl groups is 1. The fourth-order valence-corrected chi connectivity index (χ4v) is 3.20. The maximum absolute atomic E-state index is 12.8. The molecule has 0 fully saturated rings. The van der Waals surface area contributed by atoms with E-state index in [0.717, 1.165) is 11.0 Å². The van der Waals surface area contributed by atoms with E-state index in [1.165, 1.54) is 11.6 Å². The van der Waals surface area contributed by atoms with Crippen molar-refractivity contribution in [2.45, 2.75) is 32.9 Å². The van der Waals surface area contributed by atoms with Crippen molar-refractivity contribution in [2.75, 3.05) is 18.5 Å². The number of fused-ring (bicyclic) bond motifs is 1. The zero-order valence-corrected chi connectivity index (χ0v) is 17.8. The molecule has 0 unspecified atom stereocenters. The van der Waals surface area contributed by atoms with Crippen LogP contribution < -0.4 is 21.3 Å². The van der Waals surface area contributed by atoms with Crippen LogP contribution in [0.15, 0.2) is 39.9 Å². The molecule has 0 aliphatic rings. The molecule has 1 aromatic carbocycles. The molecule has 0 saturated heterocycles. The Morgan fingerprint density at radius 3 is 2.50 bits per heavy atom. The van der Waals surface area contributed by atoms with E-state index < -0.39 is 17.4 Å². The first-order chi connectivity index (χ1) is 14.3. The highest BCUT2D eigenvalue weighted by atomic mass is 16.5. The van der Waals surface area contributed by atoms with Crippen LogP contribution in [0.25, 0.3) is 11.2 Å². The minimum Gasteiger partial charge on any atom is -0.491 e. The molecule has 3 rings (SSSR count). The summed E-state index contributed by atoms with van der Waals surface area (Å²) in [5, 5.41) is 13.8. The molecule has 9 nitrogen and oxygen atoms in total. The van der Waals surface area contributed by atoms with Gasteiger partial charge >= 0.3 is 5.69 Å². The van der Waals surface area contributed by atoms with Gasteiger partial charge in [0.15, 0.2) is 11.2 Å². The van der Waals surface area contributed by atoms with Gasteiger partial charge in [-0.05, 0) is 24.5 Å². The van der Waals surface area contributed by atoms with Crippen LogP contribution in [0.4, 0.5) is 5.95 Å². The molecule has 3 aromatic rings. The largest absolute Gasteiger partial charge is 0.491 e. The number of para-hydroxylation sites is 1. The lowest BCUT2D eigenvalue weighted by atomic mass is 10.1. The monoisotopic (exact) mass is 415 g/mol. The predicted octanol–water partition coefficient (Wildman–Crippen LogP) is 1.33. The lowest BCUT2D eigenvalue weighted by Crippen LogP contribution is -2.38. The summed E-state index contributed by atoms with van der Waals surface area (Å²) in [4.78, 5) is 29.6. The molecule has 0 aliphatic carbocycles. The average molecular weight is 415 g/mol. The van der Waals surface area contributed by atoms with Crippen molar-refractivity contribution < 1.29 is 9.84 Å². The van der Waals surface area contributed by atoms with Crippen LogP contribution in [-0.4, -0.2) is 43.0 Å². The van der Waals surface area contributed by atoms with Crippen LogP contribution in [-0.2, 0) is 20.6 Å². The first kappa shape index (κ1) is 21.6. The first-order valence-electron chi connectivity index (χ1n) is 10.1. The van der Waals surface area contributed by atoms with Gasteiger partial charge in [-0.2, -0.15) is 4.98 Å². The summed E-state index contributed by atoms with van der Waals surface area (Å²) >= 11 is 0. The smallest absolute Gasteiger partial charge is 0.332 e. The summed E-state index contributed by atoms with van der Waals surface area (Å²) < 4.78 is 9.66. The number of hydrogen-bond donors (Lipinski definition) is 2. The highest BCUT2D eigenvalue weighted by molar-refractivity contribution is 5.74. The van der Waals surface area contributed by atoms with Gasteiger partial charge in [-0.25, -0.2) is 4.79 Å². The van der Waals surface area contributed by atoms with Crippen molar-refractivity contribution in [2.24, 2.45) is 20.0 Å². The molecule has 0 aliphatic heterocycles. The van der Waals surface area contributed by atoms with Gasteiger partial charge in [-0.15, -0.1) is 0 Å². The molecule has 2 N–H and O–H groups in total. The van der Waals surface area contributed by atoms with Crippen LogP contribution in [0, 0.1) is 5.92 Å². The molecule has 0 spiro atoms. The van der Waals surface area contributed by atoms with E-state index in [2.05, 4.69) is 24.1 Å². The number of rotatable bonds is 9. The fraction of sp³-hybridized carbons (Fsp3) is 0.476. The summed E-state index contributed by atoms with van der Waals surface area (Å²) in [5.74, 6) is 1.60. The summed E-state index contributed by atoms with van der Waals surface area (Å²) in [6.45, 7) is 5.05. The Morgan fingerprint density at radius 1 is 1.13 bits per heavy atom. The van der Waals surface area contributed by atoms with E-state index in [4.69, 9.17) is 4.74 Å². The zero-order chi connectivity index (χ0) is 21.8. The predicted molar refractivity (Wildman–Crippen MR) is 116 cm³/mol. The molecule has 0 amide bonds. The second-order valence-corrected chi connectivity index (χ2v) is 7.81. The fourth-order valence-electron chi connectivity index (χ4n) is 3.20. The van der Waals surface area contributed by atoms with Crippen LogP contribution >= 0.6 is 0 Å². The van der Waals surface area contributed by atoms with Crippen LogP contribution in [0.5, 0.6) is 5.75 Å². The van der Waals surface area contributed by atoms with E-state index >= 15 is 0 Å². The van der Waals surface area contributed by atoms with Gasteiger partial charge in [-0.3, -0.25) is 13.9 Å². The Balaban J connectivity index is 1.93. The maximum atomic E-state index is 12.8. The molecule has 0 bridgehead atoms. The molecule has 0 radical (unpaired) electrons. The quantitative estimate of drug-likeness (QED) is 0.547. The summed E-state index contributed by atoms with van der Waals surface area (Å²) in [6.07, 6.45) is 0.0370. The molecule has 1 atom stereocenters. The van der Waals surface area contributed by atoms with Gasteiger partial charge in [0, 0.05) is 20.6 Å². The Kier molecular flexibility index (Phi) is 6.61. The number of imidazole rings is 1. The van der Waals surface area contributed by atoms with Gasteiger partial charge in [0.05, 0.1) is 6.54 Å². The molecular formula is C21H29N5O4. The Bertz CT molecular complexity index is 1110. The second-order valence-electron chi connectivity index (χ2n) is 7.81. The van der Waals surface area contributed by atoms with Crippen molar-refractivity contribution in [1.82, 2.24) is 18.7 Å². The Hall–Kier alpha value is -3.07. The normalized spacial score (nSPS) is 12.5. The molecule has 0 saturated carbocycles. The van der Waals surface area contributed by atoms with Gasteiger partial charge in [0.1, 0.15) is 18.5 Å². The number of hydrogen-bond acceptors (Lipinski definition) is 6. The van der Waals surface area contributed by atoms with Gasteiger partial charge in [-0.1, -0.05) is 32.0 Å². The maximum Gasteiger partial charge on any atom is 0.332 e. The topological polar surface area (TPSA) is 103 Å². The SMILES string of the molecule is CC(C)CCNc1nc2c(c(=O)n(C)c(=O)n2C)n1C[C@@H](O)COc1ccccc1. The third-order valence-electron chi connectivity index (χ3n) is 4.93. The number of aromatic nitrogens is 4. The minimum atomic E-state index is -0.879. The lowest BCUT2D eigenvalue weighted by Gasteiger charge is -2.16. The van der Waals surface area contributed by atoms with Crippen molar-refractivity contribution >= 4 is 17.1 Å². The Labute approximate surface area is 174 Å². The number of benzene rings is 1. The minimum absolute atomic E-state index is 0.0567. The van der Waals surface area contributed by atoms with Crippen molar-refractivity contribution in [1.29, 1.82) is 0 Å². The van der Waals surface area contributed by atoms with E-state index in [-0.39, 0.29) is 24.3 Å². The summed E-state index contributed by atoms with van der Waals surface area (Å²) in [5.41, 5.74) is -0.343. The molecule has 162 valence electrons. The van der Waals surface area contributed by atoms with Gasteiger partial charge < -0.3 is 19.7 Å². The molecule has 2 heterocycles. The van der Waals surface area contributed by atoms with E-state index in [1.54, 1.807) is 11.6 Å². The van der Waals surface area contributed by atoms with Crippen LogP contribution in [0.2, 0.25) is 0 Å². The highest BCUT2D eigenvalue weighted by Gasteiger charge is 2.21. The third-order valence-corrected chi connectivity index (χ3v) is 4.93. The molecule has 2 aromatic heterocycles. The average Bonchev–Trinajstić information content (AvgIpc) is 3.08. The molecular weight excluding hydrogens is 386 g/mol. The van der Waals surface area contributed by atoms with Crippen LogP contribution in [0.3, 0.4) is 0 Å². The highest BCUT2D eigenvalue weighted by Crippen LogP contribution is 2.17. The Morgan fingerprint density at radius 2 is 1.83 bits per heavy atom. The standard InChI is InChI=1S/C21H29N5O4/c1-14(2)10-11-22-20-23-18-17(19(28)25(4)21(29)24(18)3)26(20)12-15(27)13-30-16-8-6-5-7-9-16/h5-9,14-15,27H,10-13H2,1-4H3,(H,22,23)/t15-/m1/s1. The number of ether oxygens (including phenoxy) is 1. The summed E-state index contributed by atoms with van der Waals surface area (Å²) in [7, 11) is 3.01. The second kappa shape index (κ2) is 9.17. The lowest BCUT2D eigenvalue weighted by molar-refractivity contribution is 0.0938. The first-order valence-corrected chi connectivity index (χ1v) is 10.1. The number of aliphatic hydroxyl groups excluding tert-OH is 1. The zero-order valence-electron chi connectivity index (χ0n) is 17.8. The number of aryl methyl sites for hydroxylation is 1. The number of nitrogens with one attached hydrogen (secondary N) is 1. The van der Waals surface area contributed by atoms with Crippen molar-refractivity contribution in [3.05, 3.63) is 51.2 Å². The molecule has 9 heteroatoms.